The van der Waals surface area contributed by atoms with Crippen molar-refractivity contribution < 1.29 is 9.32 Å². The van der Waals surface area contributed by atoms with Crippen LogP contribution in [0.5, 0.6) is 0 Å². The third kappa shape index (κ3) is 3.94. The molecule has 1 saturated heterocycles. The Labute approximate surface area is 199 Å². The van der Waals surface area contributed by atoms with Crippen molar-refractivity contribution in [2.24, 2.45) is 5.73 Å². The van der Waals surface area contributed by atoms with E-state index in [9.17, 15) is 4.79 Å². The predicted octanol–water partition coefficient (Wildman–Crippen LogP) is 4.30. The molecule has 0 bridgehead atoms. The van der Waals surface area contributed by atoms with Gasteiger partial charge in [-0.3, -0.25) is 4.79 Å². The van der Waals surface area contributed by atoms with Gasteiger partial charge in [0.15, 0.2) is 0 Å². The van der Waals surface area contributed by atoms with Crippen LogP contribution in [0.2, 0.25) is 0 Å². The Hall–Kier alpha value is -3.65. The minimum absolute atomic E-state index is 0. The number of amides is 1. The SMILES string of the molecule is C.Cc1noc(C)c1-c1cc(-c2cccc(C(N)=O)c2C)c2nc(N3CCN(C)CC3)[nH]c2c1. The number of rotatable bonds is 4. The predicted molar refractivity (Wildman–Crippen MR) is 136 cm³/mol. The van der Waals surface area contributed by atoms with Gasteiger partial charge in [-0.15, -0.1) is 0 Å². The Bertz CT molecular complexity index is 1340. The summed E-state index contributed by atoms with van der Waals surface area (Å²) in [5.41, 5.74) is 13.5. The number of aromatic amines is 1. The van der Waals surface area contributed by atoms with E-state index in [1.54, 1.807) is 6.07 Å². The first kappa shape index (κ1) is 23.5. The minimum atomic E-state index is -0.437. The number of anilines is 1. The van der Waals surface area contributed by atoms with Crippen molar-refractivity contribution in [3.63, 3.8) is 0 Å². The molecular weight excluding hydrogens is 428 g/mol. The highest BCUT2D eigenvalue weighted by Crippen LogP contribution is 2.38. The number of nitrogens with zero attached hydrogens (tertiary/aromatic N) is 4. The van der Waals surface area contributed by atoms with Crippen molar-refractivity contribution in [3.05, 3.63) is 52.9 Å². The molecule has 1 fully saturated rings. The zero-order valence-corrected chi connectivity index (χ0v) is 19.4. The zero-order valence-electron chi connectivity index (χ0n) is 19.4. The Balaban J connectivity index is 0.00000274. The van der Waals surface area contributed by atoms with Gasteiger partial charge >= 0.3 is 0 Å². The minimum Gasteiger partial charge on any atom is -0.366 e. The van der Waals surface area contributed by atoms with Crippen molar-refractivity contribution in [1.82, 2.24) is 20.0 Å². The Morgan fingerprint density at radius 2 is 1.82 bits per heavy atom. The van der Waals surface area contributed by atoms with E-state index in [-0.39, 0.29) is 7.43 Å². The number of aryl methyl sites for hydroxylation is 2. The second-order valence-corrected chi connectivity index (χ2v) is 8.81. The molecule has 3 N–H and O–H groups in total. The van der Waals surface area contributed by atoms with Crippen LogP contribution in [0.25, 0.3) is 33.3 Å². The summed E-state index contributed by atoms with van der Waals surface area (Å²) in [5, 5.41) is 4.14. The van der Waals surface area contributed by atoms with Gasteiger partial charge in [0, 0.05) is 42.9 Å². The second kappa shape index (κ2) is 8.95. The molecule has 8 nitrogen and oxygen atoms in total. The quantitative estimate of drug-likeness (QED) is 0.471. The summed E-state index contributed by atoms with van der Waals surface area (Å²) in [5.74, 6) is 1.19. The second-order valence-electron chi connectivity index (χ2n) is 8.81. The molecule has 0 unspecified atom stereocenters. The van der Waals surface area contributed by atoms with Crippen LogP contribution in [-0.4, -0.2) is 59.2 Å². The first-order chi connectivity index (χ1) is 15.8. The lowest BCUT2D eigenvalue weighted by Crippen LogP contribution is -2.44. The molecule has 4 aromatic rings. The van der Waals surface area contributed by atoms with E-state index in [0.29, 0.717) is 5.56 Å². The number of nitrogens with one attached hydrogen (secondary N) is 1. The molecule has 0 saturated carbocycles. The normalized spacial score (nSPS) is 14.4. The third-order valence-electron chi connectivity index (χ3n) is 6.59. The summed E-state index contributed by atoms with van der Waals surface area (Å²) in [7, 11) is 2.14. The molecule has 1 aliphatic rings. The summed E-state index contributed by atoms with van der Waals surface area (Å²) in [6, 6.07) is 9.85. The molecule has 0 aliphatic carbocycles. The first-order valence-corrected chi connectivity index (χ1v) is 11.1. The number of carbonyl (C=O) groups is 1. The topological polar surface area (TPSA) is 104 Å². The number of benzene rings is 2. The summed E-state index contributed by atoms with van der Waals surface area (Å²) in [6.45, 7) is 9.61. The van der Waals surface area contributed by atoms with Crippen LogP contribution in [-0.2, 0) is 0 Å². The van der Waals surface area contributed by atoms with Gasteiger partial charge in [0.1, 0.15) is 5.76 Å². The smallest absolute Gasteiger partial charge is 0.248 e. The fraction of sp³-hybridized carbons (Fsp3) is 0.346. The van der Waals surface area contributed by atoms with Crippen LogP contribution < -0.4 is 10.6 Å². The van der Waals surface area contributed by atoms with Gasteiger partial charge in [-0.2, -0.15) is 0 Å². The van der Waals surface area contributed by atoms with Crippen molar-refractivity contribution in [2.75, 3.05) is 38.1 Å². The molecule has 2 aromatic carbocycles. The summed E-state index contributed by atoms with van der Waals surface area (Å²) in [4.78, 5) is 25.2. The highest BCUT2D eigenvalue weighted by molar-refractivity contribution is 6.01. The maximum atomic E-state index is 12.0. The molecule has 0 atom stereocenters. The number of hydrogen-bond donors (Lipinski definition) is 2. The Morgan fingerprint density at radius 3 is 2.47 bits per heavy atom. The van der Waals surface area contributed by atoms with Crippen LogP contribution in [0.1, 0.15) is 34.8 Å². The monoisotopic (exact) mass is 460 g/mol. The molecule has 3 heterocycles. The molecule has 8 heteroatoms. The molecule has 1 amide bonds. The van der Waals surface area contributed by atoms with Crippen LogP contribution in [0.3, 0.4) is 0 Å². The Morgan fingerprint density at radius 1 is 1.09 bits per heavy atom. The average Bonchev–Trinajstić information content (AvgIpc) is 3.36. The molecular formula is C26H32N6O2. The number of piperazine rings is 1. The number of nitrogens with two attached hydrogens (primary N) is 1. The van der Waals surface area contributed by atoms with Gasteiger partial charge in [0.05, 0.1) is 16.7 Å². The van der Waals surface area contributed by atoms with Gasteiger partial charge in [0.2, 0.25) is 11.9 Å². The lowest BCUT2D eigenvalue weighted by Gasteiger charge is -2.32. The number of likely N-dealkylation sites (N-methyl/N-ethyl adjacent to an activating group) is 1. The van der Waals surface area contributed by atoms with E-state index in [1.165, 1.54) is 0 Å². The Kier molecular flexibility index (Phi) is 6.18. The molecule has 0 spiro atoms. The fourth-order valence-electron chi connectivity index (χ4n) is 4.71. The molecule has 1 aliphatic heterocycles. The van der Waals surface area contributed by atoms with Crippen molar-refractivity contribution in [2.45, 2.75) is 28.2 Å². The standard InChI is InChI=1S/C25H28N6O2.CH4/c1-14-18(6-5-7-19(14)24(26)32)20-12-17(22-15(2)29-33-16(22)3)13-21-23(20)28-25(27-21)31-10-8-30(4)9-11-31;/h5-7,12-13H,8-11H2,1-4H3,(H2,26,32)(H,27,28);1H4. The number of imidazole rings is 1. The zero-order chi connectivity index (χ0) is 23.3. The largest absolute Gasteiger partial charge is 0.366 e. The van der Waals surface area contributed by atoms with E-state index >= 15 is 0 Å². The van der Waals surface area contributed by atoms with Crippen molar-refractivity contribution in [1.29, 1.82) is 0 Å². The van der Waals surface area contributed by atoms with E-state index in [2.05, 4.69) is 39.1 Å². The number of H-pyrrole nitrogens is 1. The van der Waals surface area contributed by atoms with Gasteiger partial charge in [-0.05, 0) is 62.7 Å². The third-order valence-corrected chi connectivity index (χ3v) is 6.59. The van der Waals surface area contributed by atoms with Gasteiger partial charge in [-0.25, -0.2) is 4.98 Å². The van der Waals surface area contributed by atoms with Crippen LogP contribution in [0, 0.1) is 20.8 Å². The van der Waals surface area contributed by atoms with Gasteiger partial charge in [-0.1, -0.05) is 24.7 Å². The fourth-order valence-corrected chi connectivity index (χ4v) is 4.71. The van der Waals surface area contributed by atoms with Gasteiger partial charge in [0.25, 0.3) is 0 Å². The highest BCUT2D eigenvalue weighted by Gasteiger charge is 2.22. The summed E-state index contributed by atoms with van der Waals surface area (Å²) in [6.07, 6.45) is 0. The summed E-state index contributed by atoms with van der Waals surface area (Å²) < 4.78 is 5.44. The molecule has 5 rings (SSSR count). The number of aromatic nitrogens is 3. The lowest BCUT2D eigenvalue weighted by molar-refractivity contribution is 0.0999. The molecule has 0 radical (unpaired) electrons. The lowest BCUT2D eigenvalue weighted by atomic mass is 9.92. The van der Waals surface area contributed by atoms with E-state index in [0.717, 1.165) is 82.4 Å². The van der Waals surface area contributed by atoms with Crippen molar-refractivity contribution in [3.8, 4) is 22.3 Å². The summed E-state index contributed by atoms with van der Waals surface area (Å²) >= 11 is 0. The maximum absolute atomic E-state index is 12.0. The van der Waals surface area contributed by atoms with Crippen molar-refractivity contribution >= 4 is 22.9 Å². The van der Waals surface area contributed by atoms with Crippen LogP contribution in [0.15, 0.2) is 34.9 Å². The average molecular weight is 461 g/mol. The first-order valence-electron chi connectivity index (χ1n) is 11.1. The highest BCUT2D eigenvalue weighted by atomic mass is 16.5. The van der Waals surface area contributed by atoms with E-state index in [1.807, 2.05) is 32.9 Å². The maximum Gasteiger partial charge on any atom is 0.248 e. The van der Waals surface area contributed by atoms with Gasteiger partial charge < -0.3 is 25.0 Å². The van der Waals surface area contributed by atoms with E-state index in [4.69, 9.17) is 15.2 Å². The number of hydrogen-bond acceptors (Lipinski definition) is 6. The molecule has 34 heavy (non-hydrogen) atoms. The van der Waals surface area contributed by atoms with E-state index < -0.39 is 5.91 Å². The number of primary amides is 1. The number of carbonyl (C=O) groups excluding carboxylic acids is 1. The molecule has 178 valence electrons. The number of fused-ring (bicyclic) bond motifs is 1. The van der Waals surface area contributed by atoms with Crippen LogP contribution >= 0.6 is 0 Å². The molecule has 2 aromatic heterocycles. The van der Waals surface area contributed by atoms with Crippen LogP contribution in [0.4, 0.5) is 5.95 Å².